The molecule has 0 aliphatic carbocycles. The van der Waals surface area contributed by atoms with E-state index in [1.807, 2.05) is 0 Å². The summed E-state index contributed by atoms with van der Waals surface area (Å²) in [6, 6.07) is 86.6. The second-order valence-electron chi connectivity index (χ2n) is 13.8. The molecule has 0 radical (unpaired) electrons. The first-order valence-electron chi connectivity index (χ1n) is 19.1. The molecule has 0 amide bonds. The van der Waals surface area contributed by atoms with E-state index in [-0.39, 0.29) is 0 Å². The number of hydrogen-bond acceptors (Lipinski definition) is 2. The maximum Gasteiger partial charge on any atom is 0.0462 e. The van der Waals surface area contributed by atoms with Crippen molar-refractivity contribution in [1.29, 1.82) is 0 Å². The number of benzene rings is 9. The average molecular weight is 717 g/mol. The van der Waals surface area contributed by atoms with Gasteiger partial charge in [0.25, 0.3) is 0 Å². The molecule has 0 N–H and O–H groups in total. The van der Waals surface area contributed by atoms with Crippen LogP contribution in [0.4, 0.5) is 34.1 Å². The van der Waals surface area contributed by atoms with Gasteiger partial charge in [-0.1, -0.05) is 158 Å². The van der Waals surface area contributed by atoms with Gasteiger partial charge in [-0.05, 0) is 129 Å². The molecule has 0 aliphatic rings. The third-order valence-corrected chi connectivity index (χ3v) is 10.3. The van der Waals surface area contributed by atoms with Gasteiger partial charge in [-0.3, -0.25) is 0 Å². The molecule has 2 nitrogen and oxygen atoms in total. The van der Waals surface area contributed by atoms with Crippen molar-refractivity contribution < 1.29 is 0 Å². The van der Waals surface area contributed by atoms with Gasteiger partial charge in [-0.2, -0.15) is 0 Å². The Labute approximate surface area is 329 Å². The van der Waals surface area contributed by atoms with E-state index < -0.39 is 0 Å². The summed E-state index contributed by atoms with van der Waals surface area (Å²) in [6.45, 7) is 0. The molecular formula is C54H40N2. The van der Waals surface area contributed by atoms with E-state index in [2.05, 4.69) is 252 Å². The highest BCUT2D eigenvalue weighted by Gasteiger charge is 2.19. The third kappa shape index (κ3) is 7.12. The molecule has 0 heterocycles. The predicted molar refractivity (Wildman–Crippen MR) is 238 cm³/mol. The first-order valence-corrected chi connectivity index (χ1v) is 19.1. The molecular weight excluding hydrogens is 677 g/mol. The standard InChI is InChI=1S/C54H40N2/c1-7-19-41(20-8-1)51-39-52(42-21-9-2-10-22-42)54(44-33-37-50(38-34-44)56(47-27-15-5-16-28-47)48-29-17-6-18-30-48)40-53(51)43-31-35-49(36-32-43)55(45-23-11-3-12-24-45)46-25-13-4-14-26-46/h1-40H. The van der Waals surface area contributed by atoms with Crippen molar-refractivity contribution in [3.8, 4) is 44.5 Å². The lowest BCUT2D eigenvalue weighted by Gasteiger charge is -2.26. The Balaban J connectivity index is 1.19. The predicted octanol–water partition coefficient (Wildman–Crippen LogP) is 15.3. The summed E-state index contributed by atoms with van der Waals surface area (Å²) in [6.07, 6.45) is 0. The minimum Gasteiger partial charge on any atom is -0.311 e. The van der Waals surface area contributed by atoms with Gasteiger partial charge >= 0.3 is 0 Å². The molecule has 2 heteroatoms. The lowest BCUT2D eigenvalue weighted by Crippen LogP contribution is -2.09. The second kappa shape index (κ2) is 15.9. The Morgan fingerprint density at radius 3 is 0.625 bits per heavy atom. The van der Waals surface area contributed by atoms with Crippen LogP contribution >= 0.6 is 0 Å². The molecule has 0 atom stereocenters. The summed E-state index contributed by atoms with van der Waals surface area (Å²) >= 11 is 0. The van der Waals surface area contributed by atoms with Crippen molar-refractivity contribution in [3.05, 3.63) is 243 Å². The first kappa shape index (κ1) is 34.4. The summed E-state index contributed by atoms with van der Waals surface area (Å²) < 4.78 is 0. The van der Waals surface area contributed by atoms with E-state index in [9.17, 15) is 0 Å². The van der Waals surface area contributed by atoms with E-state index in [1.165, 1.54) is 33.4 Å². The molecule has 9 aromatic carbocycles. The topological polar surface area (TPSA) is 6.48 Å². The van der Waals surface area contributed by atoms with Gasteiger partial charge < -0.3 is 9.80 Å². The van der Waals surface area contributed by atoms with Crippen LogP contribution in [-0.2, 0) is 0 Å². The lowest BCUT2D eigenvalue weighted by atomic mass is 9.85. The molecule has 0 bridgehead atoms. The van der Waals surface area contributed by atoms with Crippen molar-refractivity contribution in [3.63, 3.8) is 0 Å². The van der Waals surface area contributed by atoms with E-state index in [1.54, 1.807) is 0 Å². The van der Waals surface area contributed by atoms with Crippen LogP contribution in [0.5, 0.6) is 0 Å². The Hall–Kier alpha value is -7.42. The zero-order valence-electron chi connectivity index (χ0n) is 31.0. The second-order valence-corrected chi connectivity index (χ2v) is 13.8. The fraction of sp³-hybridized carbons (Fsp3) is 0. The van der Waals surface area contributed by atoms with Crippen LogP contribution in [-0.4, -0.2) is 0 Å². The summed E-state index contributed by atoms with van der Waals surface area (Å²) in [7, 11) is 0. The van der Waals surface area contributed by atoms with Gasteiger partial charge in [0.1, 0.15) is 0 Å². The summed E-state index contributed by atoms with van der Waals surface area (Å²) in [4.78, 5) is 4.61. The maximum atomic E-state index is 2.40. The van der Waals surface area contributed by atoms with Crippen LogP contribution < -0.4 is 9.80 Å². The van der Waals surface area contributed by atoms with Crippen molar-refractivity contribution in [2.45, 2.75) is 0 Å². The fourth-order valence-corrected chi connectivity index (χ4v) is 7.57. The van der Waals surface area contributed by atoms with Crippen LogP contribution in [0, 0.1) is 0 Å². The molecule has 0 spiro atoms. The SMILES string of the molecule is c1ccc(-c2cc(-c3ccccc3)c(-c3ccc(N(c4ccccc4)c4ccccc4)cc3)cc2-c2ccc(N(c3ccccc3)c3ccccc3)cc2)cc1. The monoisotopic (exact) mass is 716 g/mol. The number of para-hydroxylation sites is 4. The minimum atomic E-state index is 1.10. The smallest absolute Gasteiger partial charge is 0.0462 e. The first-order chi connectivity index (χ1) is 27.8. The van der Waals surface area contributed by atoms with Gasteiger partial charge in [-0.25, -0.2) is 0 Å². The zero-order chi connectivity index (χ0) is 37.5. The van der Waals surface area contributed by atoms with Crippen molar-refractivity contribution >= 4 is 34.1 Å². The van der Waals surface area contributed by atoms with Gasteiger partial charge in [0.2, 0.25) is 0 Å². The third-order valence-electron chi connectivity index (χ3n) is 10.3. The Kier molecular flexibility index (Phi) is 9.75. The molecule has 0 saturated carbocycles. The molecule has 266 valence electrons. The number of rotatable bonds is 10. The van der Waals surface area contributed by atoms with Crippen molar-refractivity contribution in [2.75, 3.05) is 9.80 Å². The largest absolute Gasteiger partial charge is 0.311 e. The molecule has 0 aromatic heterocycles. The molecule has 56 heavy (non-hydrogen) atoms. The Bertz CT molecular complexity index is 2360. The highest BCUT2D eigenvalue weighted by atomic mass is 15.1. The molecule has 9 rings (SSSR count). The molecule has 0 unspecified atom stereocenters. The number of hydrogen-bond donors (Lipinski definition) is 0. The highest BCUT2D eigenvalue weighted by Crippen LogP contribution is 2.44. The minimum absolute atomic E-state index is 1.10. The van der Waals surface area contributed by atoms with Gasteiger partial charge in [0, 0.05) is 34.1 Å². The van der Waals surface area contributed by atoms with E-state index in [4.69, 9.17) is 0 Å². The van der Waals surface area contributed by atoms with Crippen LogP contribution in [0.1, 0.15) is 0 Å². The summed E-state index contributed by atoms with van der Waals surface area (Å²) in [5, 5.41) is 0. The molecule has 0 fully saturated rings. The van der Waals surface area contributed by atoms with Crippen molar-refractivity contribution in [1.82, 2.24) is 0 Å². The highest BCUT2D eigenvalue weighted by molar-refractivity contribution is 5.96. The normalized spacial score (nSPS) is 10.9. The Morgan fingerprint density at radius 2 is 0.375 bits per heavy atom. The quantitative estimate of drug-likeness (QED) is 0.139. The molecule has 9 aromatic rings. The van der Waals surface area contributed by atoms with Crippen molar-refractivity contribution in [2.24, 2.45) is 0 Å². The van der Waals surface area contributed by atoms with Crippen LogP contribution in [0.2, 0.25) is 0 Å². The van der Waals surface area contributed by atoms with E-state index in [0.717, 1.165) is 45.3 Å². The van der Waals surface area contributed by atoms with Gasteiger partial charge in [0.15, 0.2) is 0 Å². The van der Waals surface area contributed by atoms with Gasteiger partial charge in [0.05, 0.1) is 0 Å². The number of nitrogens with zero attached hydrogens (tertiary/aromatic N) is 2. The number of anilines is 6. The van der Waals surface area contributed by atoms with E-state index >= 15 is 0 Å². The van der Waals surface area contributed by atoms with Crippen LogP contribution in [0.3, 0.4) is 0 Å². The fourth-order valence-electron chi connectivity index (χ4n) is 7.57. The summed E-state index contributed by atoms with van der Waals surface area (Å²) in [5.41, 5.74) is 16.1. The van der Waals surface area contributed by atoms with Gasteiger partial charge in [-0.15, -0.1) is 0 Å². The Morgan fingerprint density at radius 1 is 0.179 bits per heavy atom. The lowest BCUT2D eigenvalue weighted by molar-refractivity contribution is 1.28. The molecule has 0 aliphatic heterocycles. The van der Waals surface area contributed by atoms with Crippen LogP contribution in [0.15, 0.2) is 243 Å². The zero-order valence-corrected chi connectivity index (χ0v) is 31.0. The van der Waals surface area contributed by atoms with E-state index in [0.29, 0.717) is 0 Å². The average Bonchev–Trinajstić information content (AvgIpc) is 3.29. The summed E-state index contributed by atoms with van der Waals surface area (Å²) in [5.74, 6) is 0. The molecule has 0 saturated heterocycles. The maximum absolute atomic E-state index is 2.40. The van der Waals surface area contributed by atoms with Crippen LogP contribution in [0.25, 0.3) is 44.5 Å².